The van der Waals surface area contributed by atoms with Gasteiger partial charge in [0.1, 0.15) is 0 Å². The van der Waals surface area contributed by atoms with Gasteiger partial charge in [-0.25, -0.2) is 0 Å². The number of nitrogens with two attached hydrogens (primary N) is 1. The summed E-state index contributed by atoms with van der Waals surface area (Å²) in [6, 6.07) is 6.34. The molecule has 17 heavy (non-hydrogen) atoms. The van der Waals surface area contributed by atoms with E-state index in [1.165, 1.54) is 11.3 Å². The topological polar surface area (TPSA) is 44.5 Å². The Kier molecular flexibility index (Phi) is 3.86. The van der Waals surface area contributed by atoms with Gasteiger partial charge in [-0.15, -0.1) is 0 Å². The number of piperazine rings is 1. The van der Waals surface area contributed by atoms with Crippen molar-refractivity contribution in [3.05, 3.63) is 23.8 Å². The molecule has 0 radical (unpaired) electrons. The summed E-state index contributed by atoms with van der Waals surface area (Å²) in [6.45, 7) is 5.28. The maximum Gasteiger partial charge on any atom is 0.0371 e. The molecule has 0 saturated carbocycles. The van der Waals surface area contributed by atoms with Crippen LogP contribution in [0, 0.1) is 0 Å². The minimum Gasteiger partial charge on any atom is -0.398 e. The molecular formula is C13H22N4. The Hall–Kier alpha value is -1.26. The van der Waals surface area contributed by atoms with Gasteiger partial charge in [0.2, 0.25) is 0 Å². The molecule has 4 nitrogen and oxygen atoms in total. The van der Waals surface area contributed by atoms with Gasteiger partial charge in [-0.2, -0.15) is 0 Å². The molecule has 94 valence electrons. The van der Waals surface area contributed by atoms with Crippen molar-refractivity contribution in [2.24, 2.45) is 0 Å². The highest BCUT2D eigenvalue weighted by Gasteiger charge is 2.14. The molecule has 1 saturated heterocycles. The van der Waals surface area contributed by atoms with E-state index in [0.717, 1.165) is 38.4 Å². The first-order valence-electron chi connectivity index (χ1n) is 6.17. The molecule has 2 rings (SSSR count). The van der Waals surface area contributed by atoms with E-state index in [1.807, 2.05) is 13.1 Å². The second-order valence-electron chi connectivity index (χ2n) is 4.70. The molecule has 0 unspecified atom stereocenters. The fourth-order valence-electron chi connectivity index (χ4n) is 2.20. The number of likely N-dealkylation sites (N-methyl/N-ethyl adjacent to an activating group) is 1. The van der Waals surface area contributed by atoms with Crippen molar-refractivity contribution in [2.45, 2.75) is 6.54 Å². The lowest BCUT2D eigenvalue weighted by molar-refractivity contribution is 0.313. The van der Waals surface area contributed by atoms with Gasteiger partial charge < -0.3 is 20.9 Å². The second-order valence-corrected chi connectivity index (χ2v) is 4.70. The predicted octanol–water partition coefficient (Wildman–Crippen LogP) is 0.740. The number of nitrogens with one attached hydrogen (secondary N) is 1. The van der Waals surface area contributed by atoms with E-state index in [1.54, 1.807) is 0 Å². The molecule has 3 N–H and O–H groups in total. The van der Waals surface area contributed by atoms with Gasteiger partial charge in [0, 0.05) is 44.1 Å². The van der Waals surface area contributed by atoms with Crippen LogP contribution in [0.4, 0.5) is 11.4 Å². The van der Waals surface area contributed by atoms with E-state index in [2.05, 4.69) is 34.3 Å². The van der Waals surface area contributed by atoms with Crippen molar-refractivity contribution in [3.8, 4) is 0 Å². The highest BCUT2D eigenvalue weighted by Crippen LogP contribution is 2.22. The number of rotatable bonds is 3. The smallest absolute Gasteiger partial charge is 0.0371 e. The standard InChI is InChI=1S/C13H22N4/c1-15-10-11-9-12(3-4-13(11)14)17-7-5-16(2)6-8-17/h3-4,9,15H,5-8,10,14H2,1-2H3. The van der Waals surface area contributed by atoms with Crippen LogP contribution in [-0.2, 0) is 6.54 Å². The molecule has 1 heterocycles. The van der Waals surface area contributed by atoms with Crippen molar-refractivity contribution in [3.63, 3.8) is 0 Å². The second kappa shape index (κ2) is 5.38. The Morgan fingerprint density at radius 3 is 2.59 bits per heavy atom. The lowest BCUT2D eigenvalue weighted by Crippen LogP contribution is -2.44. The summed E-state index contributed by atoms with van der Waals surface area (Å²) in [5, 5.41) is 3.16. The molecule has 0 aromatic heterocycles. The third kappa shape index (κ3) is 2.90. The van der Waals surface area contributed by atoms with Crippen molar-refractivity contribution in [1.82, 2.24) is 10.2 Å². The summed E-state index contributed by atoms with van der Waals surface area (Å²) < 4.78 is 0. The van der Waals surface area contributed by atoms with Crippen LogP contribution in [0.3, 0.4) is 0 Å². The lowest BCUT2D eigenvalue weighted by Gasteiger charge is -2.34. The number of hydrogen-bond donors (Lipinski definition) is 2. The van der Waals surface area contributed by atoms with E-state index in [9.17, 15) is 0 Å². The average molecular weight is 234 g/mol. The molecule has 1 aliphatic heterocycles. The zero-order chi connectivity index (χ0) is 12.3. The maximum atomic E-state index is 5.96. The summed E-state index contributed by atoms with van der Waals surface area (Å²) in [5.41, 5.74) is 9.31. The molecule has 1 fully saturated rings. The molecule has 0 spiro atoms. The monoisotopic (exact) mass is 234 g/mol. The molecular weight excluding hydrogens is 212 g/mol. The SMILES string of the molecule is CNCc1cc(N2CCN(C)CC2)ccc1N. The van der Waals surface area contributed by atoms with Crippen LogP contribution >= 0.6 is 0 Å². The molecule has 1 aliphatic rings. The van der Waals surface area contributed by atoms with Crippen LogP contribution in [-0.4, -0.2) is 45.2 Å². The molecule has 0 atom stereocenters. The number of nitrogen functional groups attached to an aromatic ring is 1. The third-order valence-electron chi connectivity index (χ3n) is 3.36. The van der Waals surface area contributed by atoms with Gasteiger partial charge in [-0.3, -0.25) is 0 Å². The third-order valence-corrected chi connectivity index (χ3v) is 3.36. The van der Waals surface area contributed by atoms with Crippen molar-refractivity contribution in [2.75, 3.05) is 50.9 Å². The largest absolute Gasteiger partial charge is 0.398 e. The molecule has 1 aromatic carbocycles. The van der Waals surface area contributed by atoms with Crippen molar-refractivity contribution >= 4 is 11.4 Å². The zero-order valence-corrected chi connectivity index (χ0v) is 10.7. The van der Waals surface area contributed by atoms with Crippen LogP contribution < -0.4 is 16.0 Å². The summed E-state index contributed by atoms with van der Waals surface area (Å²) in [5.74, 6) is 0. The van der Waals surface area contributed by atoms with E-state index in [4.69, 9.17) is 5.73 Å². The summed E-state index contributed by atoms with van der Waals surface area (Å²) in [6.07, 6.45) is 0. The Labute approximate surface area is 103 Å². The first kappa shape index (κ1) is 12.2. The van der Waals surface area contributed by atoms with Crippen LogP contribution in [0.2, 0.25) is 0 Å². The number of nitrogens with zero attached hydrogens (tertiary/aromatic N) is 2. The summed E-state index contributed by atoms with van der Waals surface area (Å²) >= 11 is 0. The first-order valence-corrected chi connectivity index (χ1v) is 6.17. The first-order chi connectivity index (χ1) is 8.20. The summed E-state index contributed by atoms with van der Waals surface area (Å²) in [4.78, 5) is 4.79. The van der Waals surface area contributed by atoms with E-state index in [-0.39, 0.29) is 0 Å². The Morgan fingerprint density at radius 1 is 1.24 bits per heavy atom. The van der Waals surface area contributed by atoms with Crippen LogP contribution in [0.1, 0.15) is 5.56 Å². The zero-order valence-electron chi connectivity index (χ0n) is 10.7. The number of anilines is 2. The van der Waals surface area contributed by atoms with Crippen molar-refractivity contribution < 1.29 is 0 Å². The van der Waals surface area contributed by atoms with E-state index >= 15 is 0 Å². The fourth-order valence-corrected chi connectivity index (χ4v) is 2.20. The van der Waals surface area contributed by atoms with Gasteiger partial charge in [0.15, 0.2) is 0 Å². The molecule has 4 heteroatoms. The van der Waals surface area contributed by atoms with Crippen LogP contribution in [0.15, 0.2) is 18.2 Å². The van der Waals surface area contributed by atoms with Crippen molar-refractivity contribution in [1.29, 1.82) is 0 Å². The molecule has 0 bridgehead atoms. The normalized spacial score (nSPS) is 17.4. The Balaban J connectivity index is 2.12. The minimum absolute atomic E-state index is 0.827. The predicted molar refractivity (Wildman–Crippen MR) is 73.3 cm³/mol. The summed E-state index contributed by atoms with van der Waals surface area (Å²) in [7, 11) is 4.12. The highest BCUT2D eigenvalue weighted by atomic mass is 15.2. The van der Waals surface area contributed by atoms with E-state index in [0.29, 0.717) is 0 Å². The Bertz CT molecular complexity index is 370. The van der Waals surface area contributed by atoms with Gasteiger partial charge in [-0.05, 0) is 37.9 Å². The molecule has 0 amide bonds. The fraction of sp³-hybridized carbons (Fsp3) is 0.538. The molecule has 1 aromatic rings. The molecule has 0 aliphatic carbocycles. The highest BCUT2D eigenvalue weighted by molar-refractivity contribution is 5.58. The van der Waals surface area contributed by atoms with Crippen LogP contribution in [0.25, 0.3) is 0 Å². The van der Waals surface area contributed by atoms with Gasteiger partial charge in [-0.1, -0.05) is 0 Å². The lowest BCUT2D eigenvalue weighted by atomic mass is 10.1. The number of hydrogen-bond acceptors (Lipinski definition) is 4. The Morgan fingerprint density at radius 2 is 1.94 bits per heavy atom. The van der Waals surface area contributed by atoms with Gasteiger partial charge in [0.05, 0.1) is 0 Å². The maximum absolute atomic E-state index is 5.96. The minimum atomic E-state index is 0.827. The van der Waals surface area contributed by atoms with Gasteiger partial charge >= 0.3 is 0 Å². The van der Waals surface area contributed by atoms with E-state index < -0.39 is 0 Å². The average Bonchev–Trinajstić information content (AvgIpc) is 2.33. The number of benzene rings is 1. The van der Waals surface area contributed by atoms with Crippen LogP contribution in [0.5, 0.6) is 0 Å². The quantitative estimate of drug-likeness (QED) is 0.757. The van der Waals surface area contributed by atoms with Gasteiger partial charge in [0.25, 0.3) is 0 Å².